The number of fused-ring (bicyclic) bond motifs is 3. The Morgan fingerprint density at radius 1 is 0.595 bits per heavy atom. The largest absolute Gasteiger partial charge is 0.309 e. The van der Waals surface area contributed by atoms with Gasteiger partial charge in [-0.15, -0.1) is 0 Å². The van der Waals surface area contributed by atoms with Crippen molar-refractivity contribution in [3.63, 3.8) is 0 Å². The van der Waals surface area contributed by atoms with Crippen LogP contribution in [0, 0.1) is 0 Å². The van der Waals surface area contributed by atoms with Crippen LogP contribution in [0.1, 0.15) is 31.7 Å². The predicted molar refractivity (Wildman–Crippen MR) is 159 cm³/mol. The maximum Gasteiger partial charge on any atom is 0.172 e. The molecule has 0 radical (unpaired) electrons. The van der Waals surface area contributed by atoms with E-state index in [2.05, 4.69) is 104 Å². The van der Waals surface area contributed by atoms with Gasteiger partial charge in [-0.25, -0.2) is 0 Å². The summed E-state index contributed by atoms with van der Waals surface area (Å²) in [5.74, 6) is 0. The standard InChI is InChI=1S/C35H31OP/c1-2-3-7-20-28-25-31(26-16-8-4-9-17-26)33(27-18-10-5-11-19-27)34-30-23-14-15-24-32(30)37(36,35(28)34)29-21-12-6-13-22-29/h4-6,8-19,21-25H,2-3,7,20H2,1H3. The molecule has 1 heterocycles. The van der Waals surface area contributed by atoms with E-state index in [1.54, 1.807) is 0 Å². The highest BCUT2D eigenvalue weighted by Crippen LogP contribution is 2.57. The molecule has 1 unspecified atom stereocenters. The lowest BCUT2D eigenvalue weighted by Gasteiger charge is -2.23. The molecule has 1 atom stereocenters. The number of hydrogen-bond acceptors (Lipinski definition) is 1. The van der Waals surface area contributed by atoms with Crippen LogP contribution in [0.3, 0.4) is 0 Å². The molecule has 1 aliphatic rings. The molecule has 0 spiro atoms. The summed E-state index contributed by atoms with van der Waals surface area (Å²) in [7, 11) is -3.05. The topological polar surface area (TPSA) is 17.1 Å². The molecule has 1 aliphatic heterocycles. The van der Waals surface area contributed by atoms with E-state index in [1.165, 1.54) is 28.7 Å². The second-order valence-corrected chi connectivity index (χ2v) is 12.5. The van der Waals surface area contributed by atoms with E-state index in [4.69, 9.17) is 0 Å². The number of rotatable bonds is 7. The molecule has 1 nitrogen and oxygen atoms in total. The molecule has 0 saturated carbocycles. The molecule has 0 saturated heterocycles. The van der Waals surface area contributed by atoms with Gasteiger partial charge in [0.15, 0.2) is 7.14 Å². The van der Waals surface area contributed by atoms with Gasteiger partial charge in [-0.3, -0.25) is 0 Å². The highest BCUT2D eigenvalue weighted by molar-refractivity contribution is 7.86. The van der Waals surface area contributed by atoms with Crippen LogP contribution in [-0.4, -0.2) is 0 Å². The van der Waals surface area contributed by atoms with Crippen molar-refractivity contribution in [1.29, 1.82) is 0 Å². The molecule has 0 fully saturated rings. The first-order valence-electron chi connectivity index (χ1n) is 13.3. The monoisotopic (exact) mass is 498 g/mol. The number of unbranched alkanes of at least 4 members (excludes halogenated alkanes) is 2. The maximum atomic E-state index is 15.5. The molecule has 5 aromatic rings. The smallest absolute Gasteiger partial charge is 0.172 e. The summed E-state index contributed by atoms with van der Waals surface area (Å²) in [4.78, 5) is 0. The summed E-state index contributed by atoms with van der Waals surface area (Å²) in [6, 6.07) is 42.2. The zero-order chi connectivity index (χ0) is 25.2. The number of benzene rings is 5. The molecule has 5 aromatic carbocycles. The van der Waals surface area contributed by atoms with E-state index >= 15 is 4.57 Å². The summed E-state index contributed by atoms with van der Waals surface area (Å²) >= 11 is 0. The van der Waals surface area contributed by atoms with Gasteiger partial charge in [-0.1, -0.05) is 135 Å². The Hall–Kier alpha value is -3.67. The highest BCUT2D eigenvalue weighted by Gasteiger charge is 2.43. The van der Waals surface area contributed by atoms with Crippen LogP contribution >= 0.6 is 7.14 Å². The lowest BCUT2D eigenvalue weighted by Crippen LogP contribution is -2.23. The fraction of sp³-hybridized carbons (Fsp3) is 0.143. The Labute approximate surface area is 220 Å². The molecule has 0 amide bonds. The van der Waals surface area contributed by atoms with Gasteiger partial charge in [-0.05, 0) is 52.3 Å². The average Bonchev–Trinajstić information content (AvgIpc) is 3.24. The predicted octanol–water partition coefficient (Wildman–Crippen LogP) is 8.37. The van der Waals surface area contributed by atoms with Gasteiger partial charge in [0.1, 0.15) is 0 Å². The van der Waals surface area contributed by atoms with Gasteiger partial charge < -0.3 is 4.57 Å². The lowest BCUT2D eigenvalue weighted by molar-refractivity contribution is 0.592. The third kappa shape index (κ3) is 3.99. The normalized spacial score (nSPS) is 15.8. The summed E-state index contributed by atoms with van der Waals surface area (Å²) < 4.78 is 15.5. The van der Waals surface area contributed by atoms with E-state index in [0.717, 1.165) is 51.9 Å². The van der Waals surface area contributed by atoms with Gasteiger partial charge in [0.2, 0.25) is 0 Å². The zero-order valence-corrected chi connectivity index (χ0v) is 22.1. The molecule has 37 heavy (non-hydrogen) atoms. The van der Waals surface area contributed by atoms with E-state index in [0.29, 0.717) is 0 Å². The Morgan fingerprint density at radius 3 is 1.86 bits per heavy atom. The highest BCUT2D eigenvalue weighted by atomic mass is 31.2. The van der Waals surface area contributed by atoms with Crippen molar-refractivity contribution in [3.8, 4) is 33.4 Å². The van der Waals surface area contributed by atoms with E-state index in [9.17, 15) is 0 Å². The van der Waals surface area contributed by atoms with Crippen molar-refractivity contribution < 1.29 is 4.57 Å². The summed E-state index contributed by atoms with van der Waals surface area (Å²) in [6.07, 6.45) is 4.34. The molecular formula is C35H31OP. The molecule has 0 aromatic heterocycles. The van der Waals surface area contributed by atoms with Gasteiger partial charge >= 0.3 is 0 Å². The van der Waals surface area contributed by atoms with E-state index in [1.807, 2.05) is 24.3 Å². The Balaban J connectivity index is 1.77. The third-order valence-corrected chi connectivity index (χ3v) is 10.8. The van der Waals surface area contributed by atoms with Crippen molar-refractivity contribution in [2.45, 2.75) is 32.6 Å². The van der Waals surface area contributed by atoms with Crippen LogP contribution in [0.25, 0.3) is 33.4 Å². The summed E-state index contributed by atoms with van der Waals surface area (Å²) in [6.45, 7) is 2.24. The zero-order valence-electron chi connectivity index (χ0n) is 21.2. The van der Waals surface area contributed by atoms with Gasteiger partial charge in [0.25, 0.3) is 0 Å². The number of hydrogen-bond donors (Lipinski definition) is 0. The van der Waals surface area contributed by atoms with Crippen molar-refractivity contribution in [2.24, 2.45) is 0 Å². The second kappa shape index (κ2) is 10.0. The Bertz CT molecular complexity index is 1590. The average molecular weight is 499 g/mol. The first-order chi connectivity index (χ1) is 18.2. The van der Waals surface area contributed by atoms with Crippen molar-refractivity contribution >= 4 is 23.1 Å². The van der Waals surface area contributed by atoms with E-state index < -0.39 is 7.14 Å². The molecule has 0 N–H and O–H groups in total. The second-order valence-electron chi connectivity index (χ2n) is 9.83. The van der Waals surface area contributed by atoms with E-state index in [-0.39, 0.29) is 0 Å². The minimum atomic E-state index is -3.05. The fourth-order valence-electron chi connectivity index (χ4n) is 5.84. The van der Waals surface area contributed by atoms with Crippen LogP contribution in [0.4, 0.5) is 0 Å². The van der Waals surface area contributed by atoms with Gasteiger partial charge in [0, 0.05) is 21.5 Å². The minimum Gasteiger partial charge on any atom is -0.309 e. The molecule has 6 rings (SSSR count). The molecule has 2 heteroatoms. The van der Waals surface area contributed by atoms with Gasteiger partial charge in [0.05, 0.1) is 0 Å². The van der Waals surface area contributed by atoms with Crippen LogP contribution in [-0.2, 0) is 11.0 Å². The minimum absolute atomic E-state index is 0.921. The first kappa shape index (κ1) is 23.7. The quantitative estimate of drug-likeness (QED) is 0.160. The Kier molecular flexibility index (Phi) is 6.41. The van der Waals surface area contributed by atoms with Crippen LogP contribution < -0.4 is 15.9 Å². The van der Waals surface area contributed by atoms with Crippen molar-refractivity contribution in [2.75, 3.05) is 0 Å². The van der Waals surface area contributed by atoms with Crippen molar-refractivity contribution in [1.82, 2.24) is 0 Å². The Morgan fingerprint density at radius 2 is 1.19 bits per heavy atom. The van der Waals surface area contributed by atoms with Crippen molar-refractivity contribution in [3.05, 3.63) is 127 Å². The fourth-order valence-corrected chi connectivity index (χ4v) is 9.16. The summed E-state index contributed by atoms with van der Waals surface area (Å²) in [5.41, 5.74) is 8.25. The first-order valence-corrected chi connectivity index (χ1v) is 15.0. The van der Waals surface area contributed by atoms with Crippen LogP contribution in [0.5, 0.6) is 0 Å². The molecule has 182 valence electrons. The SMILES string of the molecule is CCCCCc1cc(-c2ccccc2)c(-c2ccccc2)c2c1P(=O)(c1ccccc1)c1ccccc1-2. The molecule has 0 aliphatic carbocycles. The number of aryl methyl sites for hydroxylation is 1. The van der Waals surface area contributed by atoms with Crippen LogP contribution in [0.2, 0.25) is 0 Å². The molecule has 0 bridgehead atoms. The summed E-state index contributed by atoms with van der Waals surface area (Å²) in [5, 5.41) is 2.94. The maximum absolute atomic E-state index is 15.5. The van der Waals surface area contributed by atoms with Gasteiger partial charge in [-0.2, -0.15) is 0 Å². The van der Waals surface area contributed by atoms with Crippen LogP contribution in [0.15, 0.2) is 121 Å². The third-order valence-electron chi connectivity index (χ3n) is 7.52. The lowest BCUT2D eigenvalue weighted by atomic mass is 9.85. The molecular weight excluding hydrogens is 467 g/mol.